The summed E-state index contributed by atoms with van der Waals surface area (Å²) in [6, 6.07) is 9.97. The van der Waals surface area contributed by atoms with E-state index in [2.05, 4.69) is 15.9 Å². The Kier molecular flexibility index (Phi) is 6.30. The van der Waals surface area contributed by atoms with Gasteiger partial charge < -0.3 is 14.7 Å². The van der Waals surface area contributed by atoms with E-state index in [0.717, 1.165) is 4.90 Å². The monoisotopic (exact) mass is 467 g/mol. The van der Waals surface area contributed by atoms with Crippen molar-refractivity contribution in [2.75, 3.05) is 4.90 Å². The molecule has 1 heterocycles. The molecular formula is C20H19BrFNO4S. The summed E-state index contributed by atoms with van der Waals surface area (Å²) in [5, 5.41) is 8.40. The van der Waals surface area contributed by atoms with E-state index in [1.807, 2.05) is 13.8 Å². The van der Waals surface area contributed by atoms with Crippen LogP contribution in [0.3, 0.4) is 0 Å². The topological polar surface area (TPSA) is 66.8 Å². The third kappa shape index (κ3) is 4.67. The Hall–Kier alpha value is -2.06. The number of anilines is 1. The fraction of sp³-hybridized carbons (Fsp3) is 0.300. The number of thioether (sulfide) groups is 1. The number of rotatable bonds is 6. The molecule has 1 aliphatic heterocycles. The minimum atomic E-state index is -1.06. The number of carboxylic acids is 1. The van der Waals surface area contributed by atoms with Crippen molar-refractivity contribution in [3.8, 4) is 5.75 Å². The molecule has 5 nitrogen and oxygen atoms in total. The number of fused-ring (bicyclic) bond motifs is 1. The molecular weight excluding hydrogens is 449 g/mol. The van der Waals surface area contributed by atoms with E-state index >= 15 is 0 Å². The second-order valence-electron chi connectivity index (χ2n) is 6.66. The first kappa shape index (κ1) is 20.7. The Labute approximate surface area is 175 Å². The molecule has 0 saturated heterocycles. The SMILES string of the molecule is CC(C)Oc1ccc2c(c1)SC(CC(=O)O)C(=O)N2Cc1ccc(Br)cc1F. The molecule has 2 aromatic rings. The molecule has 1 aliphatic rings. The van der Waals surface area contributed by atoms with Crippen molar-refractivity contribution in [3.63, 3.8) is 0 Å². The highest BCUT2D eigenvalue weighted by Crippen LogP contribution is 2.43. The molecule has 0 radical (unpaired) electrons. The lowest BCUT2D eigenvalue weighted by molar-refractivity contribution is -0.138. The zero-order valence-corrected chi connectivity index (χ0v) is 17.7. The predicted octanol–water partition coefficient (Wildman–Crippen LogP) is 4.86. The summed E-state index contributed by atoms with van der Waals surface area (Å²) >= 11 is 4.42. The van der Waals surface area contributed by atoms with Crippen LogP contribution in [0, 0.1) is 5.82 Å². The molecule has 3 rings (SSSR count). The van der Waals surface area contributed by atoms with Gasteiger partial charge in [-0.3, -0.25) is 9.59 Å². The van der Waals surface area contributed by atoms with Crippen LogP contribution in [0.15, 0.2) is 45.8 Å². The van der Waals surface area contributed by atoms with Crippen molar-refractivity contribution >= 4 is 45.3 Å². The number of hydrogen-bond donors (Lipinski definition) is 1. The largest absolute Gasteiger partial charge is 0.491 e. The summed E-state index contributed by atoms with van der Waals surface area (Å²) in [7, 11) is 0. The van der Waals surface area contributed by atoms with Crippen molar-refractivity contribution < 1.29 is 23.8 Å². The first-order chi connectivity index (χ1) is 13.2. The van der Waals surface area contributed by atoms with Crippen LogP contribution in [0.1, 0.15) is 25.8 Å². The average Bonchev–Trinajstić information content (AvgIpc) is 2.59. The smallest absolute Gasteiger partial charge is 0.305 e. The van der Waals surface area contributed by atoms with Gasteiger partial charge in [-0.15, -0.1) is 11.8 Å². The van der Waals surface area contributed by atoms with E-state index in [0.29, 0.717) is 21.5 Å². The molecule has 0 saturated carbocycles. The summed E-state index contributed by atoms with van der Waals surface area (Å²) in [4.78, 5) is 26.4. The Balaban J connectivity index is 1.99. The Morgan fingerprint density at radius 3 is 2.71 bits per heavy atom. The normalized spacial score (nSPS) is 16.2. The van der Waals surface area contributed by atoms with Gasteiger partial charge in [-0.25, -0.2) is 4.39 Å². The summed E-state index contributed by atoms with van der Waals surface area (Å²) in [5.74, 6) is -1.20. The zero-order valence-electron chi connectivity index (χ0n) is 15.3. The number of nitrogens with zero attached hydrogens (tertiary/aromatic N) is 1. The van der Waals surface area contributed by atoms with Gasteiger partial charge in [-0.05, 0) is 44.2 Å². The first-order valence-corrected chi connectivity index (χ1v) is 10.4. The number of aliphatic carboxylic acids is 1. The Morgan fingerprint density at radius 2 is 2.07 bits per heavy atom. The summed E-state index contributed by atoms with van der Waals surface area (Å²) in [6.45, 7) is 3.84. The van der Waals surface area contributed by atoms with E-state index in [-0.39, 0.29) is 25.0 Å². The number of carboxylic acid groups (broad SMARTS) is 1. The summed E-state index contributed by atoms with van der Waals surface area (Å²) in [5.41, 5.74) is 0.973. The molecule has 0 aliphatic carbocycles. The van der Waals surface area contributed by atoms with Gasteiger partial charge in [0.1, 0.15) is 11.6 Å². The molecule has 0 fully saturated rings. The van der Waals surface area contributed by atoms with Gasteiger partial charge >= 0.3 is 5.97 Å². The van der Waals surface area contributed by atoms with Crippen molar-refractivity contribution in [1.29, 1.82) is 0 Å². The maximum absolute atomic E-state index is 14.3. The first-order valence-electron chi connectivity index (χ1n) is 8.69. The minimum absolute atomic E-state index is 0.0175. The summed E-state index contributed by atoms with van der Waals surface area (Å²) < 4.78 is 20.7. The van der Waals surface area contributed by atoms with Crippen molar-refractivity contribution in [2.45, 2.75) is 43.1 Å². The van der Waals surface area contributed by atoms with E-state index in [1.165, 1.54) is 22.7 Å². The van der Waals surface area contributed by atoms with E-state index in [9.17, 15) is 19.1 Å². The predicted molar refractivity (Wildman–Crippen MR) is 109 cm³/mol. The molecule has 1 atom stereocenters. The van der Waals surface area contributed by atoms with Crippen molar-refractivity contribution in [2.24, 2.45) is 0 Å². The van der Waals surface area contributed by atoms with Crippen molar-refractivity contribution in [1.82, 2.24) is 0 Å². The molecule has 1 amide bonds. The fourth-order valence-corrected chi connectivity index (χ4v) is 4.50. The van der Waals surface area contributed by atoms with E-state index in [4.69, 9.17) is 4.74 Å². The average molecular weight is 468 g/mol. The standard InChI is InChI=1S/C20H19BrFNO4S/c1-11(2)27-14-5-6-16-17(8-14)28-18(9-19(24)25)20(26)23(16)10-12-3-4-13(21)7-15(12)22/h3-8,11,18H,9-10H2,1-2H3,(H,24,25). The number of carbonyl (C=O) groups is 2. The van der Waals surface area contributed by atoms with Crippen LogP contribution >= 0.6 is 27.7 Å². The van der Waals surface area contributed by atoms with Gasteiger partial charge in [0.15, 0.2) is 0 Å². The third-order valence-corrected chi connectivity index (χ3v) is 5.84. The van der Waals surface area contributed by atoms with E-state index in [1.54, 1.807) is 30.3 Å². The molecule has 148 valence electrons. The van der Waals surface area contributed by atoms with Crippen LogP contribution in [0.4, 0.5) is 10.1 Å². The fourth-order valence-electron chi connectivity index (χ4n) is 2.92. The van der Waals surface area contributed by atoms with Gasteiger partial charge in [0.25, 0.3) is 0 Å². The van der Waals surface area contributed by atoms with Crippen LogP contribution < -0.4 is 9.64 Å². The molecule has 0 aromatic heterocycles. The highest BCUT2D eigenvalue weighted by molar-refractivity contribution is 9.10. The maximum atomic E-state index is 14.3. The maximum Gasteiger partial charge on any atom is 0.305 e. The molecule has 2 aromatic carbocycles. The van der Waals surface area contributed by atoms with Crippen LogP contribution in [0.2, 0.25) is 0 Å². The highest BCUT2D eigenvalue weighted by atomic mass is 79.9. The van der Waals surface area contributed by atoms with Gasteiger partial charge in [0.05, 0.1) is 30.0 Å². The minimum Gasteiger partial charge on any atom is -0.491 e. The third-order valence-electron chi connectivity index (χ3n) is 4.11. The van der Waals surface area contributed by atoms with Gasteiger partial charge in [-0.1, -0.05) is 22.0 Å². The number of ether oxygens (including phenoxy) is 1. The number of carbonyl (C=O) groups excluding carboxylic acids is 1. The molecule has 0 bridgehead atoms. The number of benzene rings is 2. The molecule has 8 heteroatoms. The van der Waals surface area contributed by atoms with Crippen LogP contribution in [0.25, 0.3) is 0 Å². The van der Waals surface area contributed by atoms with Gasteiger partial charge in [0.2, 0.25) is 5.91 Å². The van der Waals surface area contributed by atoms with Crippen LogP contribution in [-0.4, -0.2) is 28.3 Å². The number of hydrogen-bond acceptors (Lipinski definition) is 4. The Morgan fingerprint density at radius 1 is 1.32 bits per heavy atom. The molecule has 1 unspecified atom stereocenters. The van der Waals surface area contributed by atoms with E-state index < -0.39 is 17.0 Å². The zero-order chi connectivity index (χ0) is 20.4. The second kappa shape index (κ2) is 8.53. The lowest BCUT2D eigenvalue weighted by Gasteiger charge is -2.33. The van der Waals surface area contributed by atoms with Gasteiger partial charge in [-0.2, -0.15) is 0 Å². The highest BCUT2D eigenvalue weighted by Gasteiger charge is 2.35. The van der Waals surface area contributed by atoms with Crippen LogP contribution in [-0.2, 0) is 16.1 Å². The van der Waals surface area contributed by atoms with Crippen LogP contribution in [0.5, 0.6) is 5.75 Å². The molecule has 0 spiro atoms. The Bertz CT molecular complexity index is 921. The van der Waals surface area contributed by atoms with Crippen molar-refractivity contribution in [3.05, 3.63) is 52.3 Å². The summed E-state index contributed by atoms with van der Waals surface area (Å²) in [6.07, 6.45) is -0.326. The second-order valence-corrected chi connectivity index (χ2v) is 8.82. The lowest BCUT2D eigenvalue weighted by atomic mass is 10.1. The molecule has 28 heavy (non-hydrogen) atoms. The number of amides is 1. The quantitative estimate of drug-likeness (QED) is 0.656. The lowest BCUT2D eigenvalue weighted by Crippen LogP contribution is -2.41. The number of halogens is 2. The molecule has 1 N–H and O–H groups in total. The van der Waals surface area contributed by atoms with Gasteiger partial charge in [0, 0.05) is 14.9 Å².